The Morgan fingerprint density at radius 1 is 1.14 bits per heavy atom. The molecule has 1 aromatic rings. The van der Waals surface area contributed by atoms with Crippen LogP contribution in [0.15, 0.2) is 18.2 Å². The molecule has 0 aromatic heterocycles. The number of likely N-dealkylation sites (tertiary alicyclic amines) is 2. The van der Waals surface area contributed by atoms with Crippen molar-refractivity contribution in [3.63, 3.8) is 0 Å². The number of carbonyl (C=O) groups excluding carboxylic acids is 2. The van der Waals surface area contributed by atoms with Crippen LogP contribution in [-0.4, -0.2) is 98.1 Å². The maximum atomic E-state index is 13.7. The molecule has 5 fully saturated rings. The van der Waals surface area contributed by atoms with Gasteiger partial charge in [-0.3, -0.25) is 4.79 Å². The smallest absolute Gasteiger partial charge is 0.418 e. The number of anilines is 1. The van der Waals surface area contributed by atoms with Crippen LogP contribution >= 0.6 is 0 Å². The topological polar surface area (TPSA) is 83.6 Å². The van der Waals surface area contributed by atoms with Gasteiger partial charge in [0.05, 0.1) is 36.5 Å². The molecule has 0 saturated carbocycles. The van der Waals surface area contributed by atoms with Gasteiger partial charge in [-0.05, 0) is 37.8 Å². The molecule has 12 heteroatoms. The number of amides is 3. The lowest BCUT2D eigenvalue weighted by molar-refractivity contribution is -0.140. The second-order valence-electron chi connectivity index (χ2n) is 10.7. The summed E-state index contributed by atoms with van der Waals surface area (Å²) in [5.41, 5.74) is -0.914. The van der Waals surface area contributed by atoms with Gasteiger partial charge < -0.3 is 34.2 Å². The minimum Gasteiger partial charge on any atom is -0.487 e. The van der Waals surface area contributed by atoms with E-state index in [9.17, 15) is 22.8 Å². The van der Waals surface area contributed by atoms with Crippen molar-refractivity contribution in [2.45, 2.75) is 55.7 Å². The molecule has 2 atom stereocenters. The molecule has 202 valence electrons. The second-order valence-corrected chi connectivity index (χ2v) is 10.7. The summed E-state index contributed by atoms with van der Waals surface area (Å²) in [7, 11) is 0. The zero-order chi connectivity index (χ0) is 25.8. The van der Waals surface area contributed by atoms with E-state index < -0.39 is 11.7 Å². The van der Waals surface area contributed by atoms with E-state index in [2.05, 4.69) is 5.32 Å². The summed E-state index contributed by atoms with van der Waals surface area (Å²) >= 11 is 0. The van der Waals surface area contributed by atoms with Crippen molar-refractivity contribution in [2.75, 3.05) is 57.4 Å². The molecule has 1 N–H and O–H groups in total. The quantitative estimate of drug-likeness (QED) is 0.653. The number of ether oxygens (including phenoxy) is 3. The predicted octanol–water partition coefficient (Wildman–Crippen LogP) is 2.24. The van der Waals surface area contributed by atoms with Gasteiger partial charge in [0, 0.05) is 38.9 Å². The van der Waals surface area contributed by atoms with Gasteiger partial charge in [0.25, 0.3) is 0 Å². The van der Waals surface area contributed by atoms with Crippen molar-refractivity contribution in [3.8, 4) is 5.75 Å². The Balaban J connectivity index is 1.06. The highest BCUT2D eigenvalue weighted by Gasteiger charge is 2.48. The van der Waals surface area contributed by atoms with Crippen LogP contribution in [0.1, 0.15) is 31.2 Å². The van der Waals surface area contributed by atoms with Crippen molar-refractivity contribution in [1.82, 2.24) is 15.1 Å². The number of halogens is 3. The van der Waals surface area contributed by atoms with Crippen LogP contribution in [0.5, 0.6) is 5.75 Å². The Kier molecular flexibility index (Phi) is 6.14. The molecule has 9 nitrogen and oxygen atoms in total. The highest BCUT2D eigenvalue weighted by molar-refractivity contribution is 5.79. The first-order chi connectivity index (χ1) is 17.7. The van der Waals surface area contributed by atoms with E-state index in [0.717, 1.165) is 25.3 Å². The third-order valence-corrected chi connectivity index (χ3v) is 8.02. The summed E-state index contributed by atoms with van der Waals surface area (Å²) in [6, 6.07) is 3.53. The molecular formula is C25H31F3N4O5. The fourth-order valence-electron chi connectivity index (χ4n) is 6.00. The Morgan fingerprint density at radius 2 is 1.95 bits per heavy atom. The van der Waals surface area contributed by atoms with Crippen LogP contribution in [-0.2, 0) is 20.4 Å². The van der Waals surface area contributed by atoms with Crippen molar-refractivity contribution in [1.29, 1.82) is 0 Å². The van der Waals surface area contributed by atoms with E-state index in [1.165, 1.54) is 12.1 Å². The fourth-order valence-corrected chi connectivity index (χ4v) is 6.00. The lowest BCUT2D eigenvalue weighted by Crippen LogP contribution is -2.65. The number of fused-ring (bicyclic) bond motifs is 1. The van der Waals surface area contributed by atoms with E-state index in [1.54, 1.807) is 14.7 Å². The zero-order valence-corrected chi connectivity index (χ0v) is 20.5. The number of rotatable bonds is 3. The molecule has 0 bridgehead atoms. The number of alkyl halides is 3. The Morgan fingerprint density at radius 3 is 2.68 bits per heavy atom. The third kappa shape index (κ3) is 4.81. The predicted molar refractivity (Wildman–Crippen MR) is 125 cm³/mol. The highest BCUT2D eigenvalue weighted by Crippen LogP contribution is 2.44. The number of benzene rings is 1. The standard InChI is InChI=1S/C25H31F3N4O5/c26-25(27,28)18-4-3-16(9-20(18)32-14-24(15-32)6-1-2-8-36-24)37-17-10-31(11-17)23(34)30-7-5-21-19(12-30)29-22(33)13-35-21/h3-4,9,17,19,21H,1-2,5-8,10-15H2,(H,29,33). The van der Waals surface area contributed by atoms with E-state index in [-0.39, 0.29) is 48.1 Å². The molecular weight excluding hydrogens is 493 g/mol. The van der Waals surface area contributed by atoms with Gasteiger partial charge in [0.2, 0.25) is 5.91 Å². The molecule has 5 saturated heterocycles. The lowest BCUT2D eigenvalue weighted by Gasteiger charge is -2.53. The van der Waals surface area contributed by atoms with Crippen molar-refractivity contribution < 1.29 is 37.0 Å². The van der Waals surface area contributed by atoms with Crippen LogP contribution in [0.4, 0.5) is 23.7 Å². The number of carbonyl (C=O) groups is 2. The molecule has 1 aromatic carbocycles. The van der Waals surface area contributed by atoms with Gasteiger partial charge in [-0.15, -0.1) is 0 Å². The van der Waals surface area contributed by atoms with E-state index in [1.807, 2.05) is 0 Å². The van der Waals surface area contributed by atoms with Crippen molar-refractivity contribution in [2.24, 2.45) is 0 Å². The molecule has 3 amide bonds. The maximum absolute atomic E-state index is 13.7. The Bertz CT molecular complexity index is 1050. The molecule has 5 aliphatic heterocycles. The first-order valence-corrected chi connectivity index (χ1v) is 12.9. The third-order valence-electron chi connectivity index (χ3n) is 8.02. The first-order valence-electron chi connectivity index (χ1n) is 12.9. The van der Waals surface area contributed by atoms with Crippen LogP contribution < -0.4 is 15.0 Å². The summed E-state index contributed by atoms with van der Waals surface area (Å²) in [5, 5.41) is 2.88. The summed E-state index contributed by atoms with van der Waals surface area (Å²) in [6.07, 6.45) is -1.31. The minimum absolute atomic E-state index is 0.0539. The molecule has 0 aliphatic carbocycles. The molecule has 6 rings (SSSR count). The van der Waals surface area contributed by atoms with Gasteiger partial charge in [0.1, 0.15) is 24.1 Å². The normalized spacial score (nSPS) is 27.8. The average Bonchev–Trinajstić information content (AvgIpc) is 2.83. The number of morpholine rings is 1. The summed E-state index contributed by atoms with van der Waals surface area (Å²) in [6.45, 7) is 3.22. The highest BCUT2D eigenvalue weighted by atomic mass is 19.4. The number of hydrogen-bond donors (Lipinski definition) is 1. The van der Waals surface area contributed by atoms with Crippen molar-refractivity contribution >= 4 is 17.6 Å². The summed E-state index contributed by atoms with van der Waals surface area (Å²) < 4.78 is 58.6. The van der Waals surface area contributed by atoms with E-state index in [4.69, 9.17) is 14.2 Å². The van der Waals surface area contributed by atoms with Crippen LogP contribution in [0, 0.1) is 0 Å². The number of nitrogens with zero attached hydrogens (tertiary/aromatic N) is 3. The Hall–Kier alpha value is -2.73. The average molecular weight is 525 g/mol. The number of nitrogens with one attached hydrogen (secondary N) is 1. The molecule has 1 spiro atoms. The minimum atomic E-state index is -4.47. The molecule has 37 heavy (non-hydrogen) atoms. The van der Waals surface area contributed by atoms with Crippen LogP contribution in [0.3, 0.4) is 0 Å². The van der Waals surface area contributed by atoms with Gasteiger partial charge in [-0.2, -0.15) is 13.2 Å². The van der Waals surface area contributed by atoms with Crippen LogP contribution in [0.25, 0.3) is 0 Å². The number of hydrogen-bond acceptors (Lipinski definition) is 6. The van der Waals surface area contributed by atoms with Gasteiger partial charge in [-0.25, -0.2) is 4.79 Å². The number of urea groups is 1. The monoisotopic (exact) mass is 524 g/mol. The Labute approximate surface area is 212 Å². The molecule has 5 aliphatic rings. The largest absolute Gasteiger partial charge is 0.487 e. The summed E-state index contributed by atoms with van der Waals surface area (Å²) in [5.74, 6) is 0.178. The van der Waals surface area contributed by atoms with E-state index in [0.29, 0.717) is 58.0 Å². The first kappa shape index (κ1) is 24.6. The molecule has 2 unspecified atom stereocenters. The number of piperidine rings is 1. The second kappa shape index (κ2) is 9.23. The van der Waals surface area contributed by atoms with E-state index >= 15 is 0 Å². The van der Waals surface area contributed by atoms with Crippen LogP contribution in [0.2, 0.25) is 0 Å². The van der Waals surface area contributed by atoms with Gasteiger partial charge in [0.15, 0.2) is 0 Å². The maximum Gasteiger partial charge on any atom is 0.418 e. The zero-order valence-electron chi connectivity index (χ0n) is 20.5. The van der Waals surface area contributed by atoms with Gasteiger partial charge >= 0.3 is 12.2 Å². The lowest BCUT2D eigenvalue weighted by atomic mass is 9.85. The summed E-state index contributed by atoms with van der Waals surface area (Å²) in [4.78, 5) is 29.6. The molecule has 0 radical (unpaired) electrons. The van der Waals surface area contributed by atoms with Crippen molar-refractivity contribution in [3.05, 3.63) is 23.8 Å². The molecule has 5 heterocycles. The SMILES string of the molecule is O=C1COC2CCN(C(=O)N3CC(Oc4ccc(C(F)(F)F)c(N5CC6(CCCCO6)C5)c4)C3)CC2N1. The fraction of sp³-hybridized carbons (Fsp3) is 0.680. The van der Waals surface area contributed by atoms with Gasteiger partial charge in [-0.1, -0.05) is 0 Å².